The van der Waals surface area contributed by atoms with E-state index in [1.54, 1.807) is 36.4 Å². The summed E-state index contributed by atoms with van der Waals surface area (Å²) in [6.45, 7) is 2.50. The Labute approximate surface area is 161 Å². The summed E-state index contributed by atoms with van der Waals surface area (Å²) in [6.07, 6.45) is 1.57. The molecular weight excluding hydrogens is 366 g/mol. The summed E-state index contributed by atoms with van der Waals surface area (Å²) in [5.74, 6) is 1.02. The van der Waals surface area contributed by atoms with Crippen LogP contribution in [0, 0.1) is 21.4 Å². The molecule has 0 fully saturated rings. The Morgan fingerprint density at radius 2 is 1.96 bits per heavy atom. The average molecular weight is 383 g/mol. The average Bonchev–Trinajstić information content (AvgIpc) is 2.65. The second kappa shape index (κ2) is 9.31. The van der Waals surface area contributed by atoms with E-state index >= 15 is 0 Å². The van der Waals surface area contributed by atoms with Crippen LogP contribution in [0.2, 0.25) is 0 Å². The number of rotatable bonds is 8. The lowest BCUT2D eigenvalue weighted by molar-refractivity contribution is -0.384. The maximum atomic E-state index is 10.7. The molecule has 2 N–H and O–H groups in total. The highest BCUT2D eigenvalue weighted by molar-refractivity contribution is 7.80. The minimum absolute atomic E-state index is 0.0222. The van der Waals surface area contributed by atoms with Gasteiger partial charge in [0.25, 0.3) is 5.69 Å². The first kappa shape index (κ1) is 19.9. The van der Waals surface area contributed by atoms with Gasteiger partial charge in [-0.3, -0.25) is 10.1 Å². The van der Waals surface area contributed by atoms with Crippen LogP contribution in [0.4, 0.5) is 5.69 Å². The molecule has 0 aliphatic carbocycles. The van der Waals surface area contributed by atoms with Crippen molar-refractivity contribution in [2.75, 3.05) is 6.61 Å². The zero-order valence-electron chi connectivity index (χ0n) is 14.5. The summed E-state index contributed by atoms with van der Waals surface area (Å²) in [6, 6.07) is 13.3. The fourth-order valence-corrected chi connectivity index (χ4v) is 2.31. The first-order valence-corrected chi connectivity index (χ1v) is 8.40. The number of hydrogen-bond donors (Lipinski definition) is 1. The maximum Gasteiger partial charge on any atom is 0.269 e. The lowest BCUT2D eigenvalue weighted by atomic mass is 10.1. The summed E-state index contributed by atoms with van der Waals surface area (Å²) in [7, 11) is 0. The van der Waals surface area contributed by atoms with Crippen molar-refractivity contribution < 1.29 is 14.4 Å². The van der Waals surface area contributed by atoms with Gasteiger partial charge in [-0.15, -0.1) is 0 Å². The van der Waals surface area contributed by atoms with Crippen LogP contribution >= 0.6 is 12.2 Å². The first-order chi connectivity index (χ1) is 12.9. The molecule has 0 aliphatic rings. The van der Waals surface area contributed by atoms with E-state index in [2.05, 4.69) is 0 Å². The van der Waals surface area contributed by atoms with Crippen LogP contribution < -0.4 is 15.2 Å². The van der Waals surface area contributed by atoms with Crippen LogP contribution in [0.15, 0.2) is 48.0 Å². The fraction of sp³-hybridized carbons (Fsp3) is 0.158. The molecule has 138 valence electrons. The normalized spacial score (nSPS) is 10.7. The molecule has 0 atom stereocenters. The number of ether oxygens (including phenoxy) is 2. The van der Waals surface area contributed by atoms with Crippen molar-refractivity contribution in [2.24, 2.45) is 5.73 Å². The van der Waals surface area contributed by atoms with Crippen LogP contribution in [0.25, 0.3) is 6.08 Å². The minimum Gasteiger partial charge on any atom is -0.490 e. The predicted molar refractivity (Wildman–Crippen MR) is 105 cm³/mol. The number of benzene rings is 2. The molecule has 2 aromatic carbocycles. The van der Waals surface area contributed by atoms with Gasteiger partial charge in [0, 0.05) is 12.1 Å². The number of nitrogens with two attached hydrogens (primary N) is 1. The van der Waals surface area contributed by atoms with Crippen LogP contribution in [0.3, 0.4) is 0 Å². The molecular formula is C19H17N3O4S. The molecule has 8 heteroatoms. The smallest absolute Gasteiger partial charge is 0.269 e. The van der Waals surface area contributed by atoms with Crippen LogP contribution in [0.5, 0.6) is 11.5 Å². The molecule has 0 spiro atoms. The van der Waals surface area contributed by atoms with Crippen LogP contribution in [-0.4, -0.2) is 16.5 Å². The summed E-state index contributed by atoms with van der Waals surface area (Å²) in [5, 5.41) is 19.8. The van der Waals surface area contributed by atoms with E-state index in [0.717, 1.165) is 5.56 Å². The predicted octanol–water partition coefficient (Wildman–Crippen LogP) is 3.77. The number of nitro groups is 1. The van der Waals surface area contributed by atoms with E-state index in [1.807, 2.05) is 13.0 Å². The second-order valence-electron chi connectivity index (χ2n) is 5.39. The van der Waals surface area contributed by atoms with E-state index in [0.29, 0.717) is 23.7 Å². The molecule has 0 saturated carbocycles. The topological polar surface area (TPSA) is 111 Å². The van der Waals surface area contributed by atoms with E-state index < -0.39 is 4.92 Å². The Kier molecular flexibility index (Phi) is 6.86. The van der Waals surface area contributed by atoms with Crippen molar-refractivity contribution in [3.05, 3.63) is 69.3 Å². The lowest BCUT2D eigenvalue weighted by Crippen LogP contribution is -2.09. The molecule has 0 unspecified atom stereocenters. The van der Waals surface area contributed by atoms with Crippen LogP contribution in [-0.2, 0) is 6.61 Å². The highest BCUT2D eigenvalue weighted by atomic mass is 32.1. The fourth-order valence-electron chi connectivity index (χ4n) is 2.20. The quantitative estimate of drug-likeness (QED) is 0.243. The summed E-state index contributed by atoms with van der Waals surface area (Å²) in [5.41, 5.74) is 7.21. The van der Waals surface area contributed by atoms with E-state index in [1.165, 1.54) is 12.1 Å². The summed E-state index contributed by atoms with van der Waals surface area (Å²) in [4.78, 5) is 10.3. The largest absolute Gasteiger partial charge is 0.490 e. The Morgan fingerprint density at radius 3 is 2.52 bits per heavy atom. The number of thiocarbonyl (C=S) groups is 1. The first-order valence-electron chi connectivity index (χ1n) is 7.99. The number of nitriles is 1. The van der Waals surface area contributed by atoms with Gasteiger partial charge in [0.1, 0.15) is 17.7 Å². The molecule has 0 aliphatic heterocycles. The van der Waals surface area contributed by atoms with Gasteiger partial charge in [0.15, 0.2) is 11.5 Å². The SMILES string of the molecule is CCOc1cc(C=C(C#N)C(N)=S)ccc1OCc1ccc([N+](=O)[O-])cc1. The van der Waals surface area contributed by atoms with Gasteiger partial charge < -0.3 is 15.2 Å². The van der Waals surface area contributed by atoms with E-state index in [4.69, 9.17) is 32.7 Å². The number of non-ortho nitro benzene ring substituents is 1. The Bertz CT molecular complexity index is 918. The molecule has 2 aromatic rings. The monoisotopic (exact) mass is 383 g/mol. The molecule has 0 aromatic heterocycles. The number of nitrogens with zero attached hydrogens (tertiary/aromatic N) is 2. The summed E-state index contributed by atoms with van der Waals surface area (Å²) < 4.78 is 11.4. The van der Waals surface area contributed by atoms with Gasteiger partial charge in [-0.1, -0.05) is 18.3 Å². The Hall–Kier alpha value is -3.44. The molecule has 0 amide bonds. The lowest BCUT2D eigenvalue weighted by Gasteiger charge is -2.13. The molecule has 7 nitrogen and oxygen atoms in total. The van der Waals surface area contributed by atoms with Crippen molar-refractivity contribution in [2.45, 2.75) is 13.5 Å². The Morgan fingerprint density at radius 1 is 1.26 bits per heavy atom. The van der Waals surface area contributed by atoms with Gasteiger partial charge in [-0.05, 0) is 48.4 Å². The van der Waals surface area contributed by atoms with Gasteiger partial charge in [-0.25, -0.2) is 0 Å². The number of nitro benzene ring substituents is 1. The van der Waals surface area contributed by atoms with Gasteiger partial charge in [0.2, 0.25) is 0 Å². The van der Waals surface area contributed by atoms with E-state index in [9.17, 15) is 10.1 Å². The van der Waals surface area contributed by atoms with Crippen molar-refractivity contribution in [3.8, 4) is 17.6 Å². The molecule has 2 rings (SSSR count). The highest BCUT2D eigenvalue weighted by Crippen LogP contribution is 2.30. The number of hydrogen-bond acceptors (Lipinski definition) is 6. The third-order valence-corrected chi connectivity index (χ3v) is 3.73. The van der Waals surface area contributed by atoms with Crippen molar-refractivity contribution in [3.63, 3.8) is 0 Å². The van der Waals surface area contributed by atoms with Gasteiger partial charge in [0.05, 0.1) is 17.1 Å². The third kappa shape index (κ3) is 5.52. The van der Waals surface area contributed by atoms with Crippen molar-refractivity contribution in [1.82, 2.24) is 0 Å². The Balaban J connectivity index is 2.20. The molecule has 0 radical (unpaired) electrons. The zero-order chi connectivity index (χ0) is 19.8. The minimum atomic E-state index is -0.452. The van der Waals surface area contributed by atoms with Gasteiger partial charge >= 0.3 is 0 Å². The molecule has 0 bridgehead atoms. The van der Waals surface area contributed by atoms with Gasteiger partial charge in [-0.2, -0.15) is 5.26 Å². The van der Waals surface area contributed by atoms with Crippen molar-refractivity contribution >= 4 is 29.0 Å². The molecule has 0 saturated heterocycles. The maximum absolute atomic E-state index is 10.7. The van der Waals surface area contributed by atoms with E-state index in [-0.39, 0.29) is 22.9 Å². The third-order valence-electron chi connectivity index (χ3n) is 3.51. The molecule has 0 heterocycles. The zero-order valence-corrected chi connectivity index (χ0v) is 15.4. The summed E-state index contributed by atoms with van der Waals surface area (Å²) >= 11 is 4.83. The standard InChI is InChI=1S/C19H17N3O4S/c1-2-25-18-10-14(9-15(11-20)19(21)27)5-8-17(18)26-12-13-3-6-16(7-4-13)22(23)24/h3-10H,2,12H2,1H3,(H2,21,27). The van der Waals surface area contributed by atoms with Crippen LogP contribution in [0.1, 0.15) is 18.1 Å². The molecule has 27 heavy (non-hydrogen) atoms. The van der Waals surface area contributed by atoms with Crippen molar-refractivity contribution in [1.29, 1.82) is 5.26 Å². The second-order valence-corrected chi connectivity index (χ2v) is 5.83. The highest BCUT2D eigenvalue weighted by Gasteiger charge is 2.09.